The highest BCUT2D eigenvalue weighted by molar-refractivity contribution is 5.83. The Bertz CT molecular complexity index is 264. The molecule has 0 spiro atoms. The van der Waals surface area contributed by atoms with Crippen molar-refractivity contribution in [1.29, 1.82) is 0 Å². The Balaban J connectivity index is 4.57. The summed E-state index contributed by atoms with van der Waals surface area (Å²) in [6.45, 7) is 4.42. The molecule has 5 heteroatoms. The molecule has 0 aliphatic rings. The lowest BCUT2D eigenvalue weighted by Gasteiger charge is -2.09. The molecule has 0 aliphatic carbocycles. The Morgan fingerprint density at radius 2 is 2.00 bits per heavy atom. The van der Waals surface area contributed by atoms with Gasteiger partial charge in [-0.25, -0.2) is 0 Å². The normalized spacial score (nSPS) is 14.9. The van der Waals surface area contributed by atoms with Gasteiger partial charge in [0.2, 0.25) is 0 Å². The molecule has 1 N–H and O–H groups in total. The zero-order chi connectivity index (χ0) is 12.1. The number of hydrogen-bond donors (Lipinski definition) is 1. The second-order valence-electron chi connectivity index (χ2n) is 3.07. The number of hydrogen-bond acceptors (Lipinski definition) is 2. The Kier molecular flexibility index (Phi) is 5.28. The van der Waals surface area contributed by atoms with Crippen molar-refractivity contribution in [3.63, 3.8) is 0 Å². The van der Waals surface area contributed by atoms with Crippen molar-refractivity contribution < 1.29 is 23.1 Å². The van der Waals surface area contributed by atoms with Crippen molar-refractivity contribution in [2.75, 3.05) is 0 Å². The van der Waals surface area contributed by atoms with Gasteiger partial charge in [-0.3, -0.25) is 4.79 Å². The topological polar surface area (TPSA) is 37.3 Å². The van der Waals surface area contributed by atoms with Crippen LogP contribution >= 0.6 is 0 Å². The largest absolute Gasteiger partial charge is 0.412 e. The van der Waals surface area contributed by atoms with E-state index in [-0.39, 0.29) is 6.42 Å². The van der Waals surface area contributed by atoms with Crippen LogP contribution in [-0.2, 0) is 4.79 Å². The molecule has 0 saturated carbocycles. The minimum absolute atomic E-state index is 0.337. The van der Waals surface area contributed by atoms with E-state index in [1.165, 1.54) is 6.92 Å². The van der Waals surface area contributed by atoms with Crippen LogP contribution in [0.15, 0.2) is 24.3 Å². The van der Waals surface area contributed by atoms with Crippen molar-refractivity contribution in [1.82, 2.24) is 0 Å². The fourth-order valence-corrected chi connectivity index (χ4v) is 0.865. The Labute approximate surface area is 86.1 Å². The van der Waals surface area contributed by atoms with Crippen LogP contribution < -0.4 is 0 Å². The van der Waals surface area contributed by atoms with Crippen molar-refractivity contribution in [3.05, 3.63) is 24.3 Å². The van der Waals surface area contributed by atoms with Crippen molar-refractivity contribution in [2.24, 2.45) is 0 Å². The maximum absolute atomic E-state index is 12.3. The van der Waals surface area contributed by atoms with Crippen LogP contribution in [0.1, 0.15) is 19.8 Å². The Morgan fingerprint density at radius 1 is 1.47 bits per heavy atom. The number of rotatable bonds is 5. The minimum Gasteiger partial charge on any atom is -0.386 e. The first-order valence-corrected chi connectivity index (χ1v) is 4.37. The number of Topliss-reactive ketones (excluding diaryl/α,β-unsaturated/α-hetero) is 1. The van der Waals surface area contributed by atoms with Crippen molar-refractivity contribution in [2.45, 2.75) is 32.0 Å². The summed E-state index contributed by atoms with van der Waals surface area (Å²) in [7, 11) is 0. The zero-order valence-corrected chi connectivity index (χ0v) is 8.34. The lowest BCUT2D eigenvalue weighted by Crippen LogP contribution is -2.16. The van der Waals surface area contributed by atoms with Gasteiger partial charge in [-0.2, -0.15) is 13.2 Å². The Hall–Kier alpha value is -1.10. The zero-order valence-electron chi connectivity index (χ0n) is 8.34. The minimum atomic E-state index is -4.45. The van der Waals surface area contributed by atoms with Gasteiger partial charge >= 0.3 is 6.18 Å². The third-order valence-electron chi connectivity index (χ3n) is 1.74. The van der Waals surface area contributed by atoms with Gasteiger partial charge in [0.05, 0.1) is 0 Å². The van der Waals surface area contributed by atoms with E-state index >= 15 is 0 Å². The molecule has 0 aromatic carbocycles. The van der Waals surface area contributed by atoms with Gasteiger partial charge in [-0.05, 0) is 13.3 Å². The van der Waals surface area contributed by atoms with E-state index in [0.29, 0.717) is 0 Å². The number of ketones is 1. The van der Waals surface area contributed by atoms with Crippen LogP contribution in [0.25, 0.3) is 0 Å². The third-order valence-corrected chi connectivity index (χ3v) is 1.74. The van der Waals surface area contributed by atoms with E-state index in [4.69, 9.17) is 5.11 Å². The molecule has 0 fully saturated rings. The number of halogens is 3. The van der Waals surface area contributed by atoms with Crippen LogP contribution in [0.4, 0.5) is 13.2 Å². The monoisotopic (exact) mass is 222 g/mol. The lowest BCUT2D eigenvalue weighted by atomic mass is 10.1. The van der Waals surface area contributed by atoms with Crippen molar-refractivity contribution >= 4 is 5.78 Å². The van der Waals surface area contributed by atoms with Gasteiger partial charge in [-0.15, -0.1) is 6.58 Å². The van der Waals surface area contributed by atoms with Crippen LogP contribution in [0.2, 0.25) is 0 Å². The van der Waals surface area contributed by atoms with Gasteiger partial charge < -0.3 is 5.11 Å². The molecule has 1 unspecified atom stereocenters. The predicted octanol–water partition coefficient (Wildman–Crippen LogP) is 2.39. The van der Waals surface area contributed by atoms with Crippen LogP contribution in [-0.4, -0.2) is 23.2 Å². The summed E-state index contributed by atoms with van der Waals surface area (Å²) in [6, 6.07) is 0. The van der Waals surface area contributed by atoms with Gasteiger partial charge in [0.15, 0.2) is 5.78 Å². The molecule has 86 valence electrons. The first-order valence-electron chi connectivity index (χ1n) is 4.37. The van der Waals surface area contributed by atoms with Crippen LogP contribution in [0.5, 0.6) is 0 Å². The highest BCUT2D eigenvalue weighted by atomic mass is 19.4. The molecule has 0 rings (SSSR count). The Morgan fingerprint density at radius 3 is 2.33 bits per heavy atom. The van der Waals surface area contributed by atoms with E-state index in [1.54, 1.807) is 0 Å². The molecule has 0 bridgehead atoms. The molecule has 15 heavy (non-hydrogen) atoms. The molecule has 0 saturated heterocycles. The molecule has 0 aromatic rings. The van der Waals surface area contributed by atoms with Crippen LogP contribution in [0.3, 0.4) is 0 Å². The molecular weight excluding hydrogens is 209 g/mol. The number of allylic oxidation sites excluding steroid dienone is 3. The predicted molar refractivity (Wildman–Crippen MR) is 50.3 cm³/mol. The number of alkyl halides is 3. The van der Waals surface area contributed by atoms with E-state index in [2.05, 4.69) is 6.58 Å². The summed E-state index contributed by atoms with van der Waals surface area (Å²) in [6.07, 6.45) is -4.54. The number of carbonyl (C=O) groups is 1. The molecule has 0 radical (unpaired) electrons. The highest BCUT2D eigenvalue weighted by Gasteiger charge is 2.32. The van der Waals surface area contributed by atoms with Gasteiger partial charge in [-0.1, -0.05) is 12.2 Å². The molecule has 1 atom stereocenters. The van der Waals surface area contributed by atoms with Crippen LogP contribution in [0, 0.1) is 0 Å². The first kappa shape index (κ1) is 13.9. The van der Waals surface area contributed by atoms with Gasteiger partial charge in [0.1, 0.15) is 6.10 Å². The molecule has 0 aliphatic heterocycles. The molecule has 0 amide bonds. The molecule has 2 nitrogen and oxygen atoms in total. The fourth-order valence-electron chi connectivity index (χ4n) is 0.865. The van der Waals surface area contributed by atoms with Gasteiger partial charge in [0.25, 0.3) is 0 Å². The standard InChI is InChI=1S/C10H13F3O2/c1-3-4-8(10(11,12)13)5-6-9(15)7(2)14/h3,5,7,14H,1,4,6H2,2H3/b8-5+. The quantitative estimate of drug-likeness (QED) is 0.725. The second-order valence-corrected chi connectivity index (χ2v) is 3.07. The summed E-state index contributed by atoms with van der Waals surface area (Å²) in [5.41, 5.74) is -0.813. The molecule has 0 heterocycles. The summed E-state index contributed by atoms with van der Waals surface area (Å²) < 4.78 is 36.8. The van der Waals surface area contributed by atoms with Crippen molar-refractivity contribution in [3.8, 4) is 0 Å². The number of carbonyl (C=O) groups excluding carboxylic acids is 1. The maximum atomic E-state index is 12.3. The average Bonchev–Trinajstić information content (AvgIpc) is 2.09. The number of aliphatic hydroxyl groups is 1. The molecule has 0 aromatic heterocycles. The van der Waals surface area contributed by atoms with E-state index in [9.17, 15) is 18.0 Å². The number of aliphatic hydroxyl groups excluding tert-OH is 1. The first-order chi connectivity index (χ1) is 6.79. The summed E-state index contributed by atoms with van der Waals surface area (Å²) in [5, 5.41) is 8.79. The third kappa shape index (κ3) is 5.37. The lowest BCUT2D eigenvalue weighted by molar-refractivity contribution is -0.125. The smallest absolute Gasteiger partial charge is 0.386 e. The average molecular weight is 222 g/mol. The summed E-state index contributed by atoms with van der Waals surface area (Å²) in [5.74, 6) is -0.638. The molecular formula is C10H13F3O2. The second kappa shape index (κ2) is 5.70. The van der Waals surface area contributed by atoms with E-state index in [0.717, 1.165) is 12.2 Å². The maximum Gasteiger partial charge on any atom is 0.412 e. The highest BCUT2D eigenvalue weighted by Crippen LogP contribution is 2.28. The van der Waals surface area contributed by atoms with Gasteiger partial charge in [0, 0.05) is 12.0 Å². The fraction of sp³-hybridized carbons (Fsp3) is 0.500. The van der Waals surface area contributed by atoms with E-state index in [1.807, 2.05) is 0 Å². The van der Waals surface area contributed by atoms with E-state index < -0.39 is 30.1 Å². The summed E-state index contributed by atoms with van der Waals surface area (Å²) >= 11 is 0. The SMILES string of the molecule is C=CC/C(=C\CC(=O)C(C)O)C(F)(F)F. The summed E-state index contributed by atoms with van der Waals surface area (Å²) in [4.78, 5) is 10.9.